The molecule has 172 valence electrons. The Kier molecular flexibility index (Phi) is 8.81. The molecule has 0 aliphatic carbocycles. The van der Waals surface area contributed by atoms with Crippen LogP contribution < -0.4 is 9.47 Å². The minimum atomic E-state index is -0.684. The lowest BCUT2D eigenvalue weighted by Gasteiger charge is -2.27. The van der Waals surface area contributed by atoms with Crippen molar-refractivity contribution in [2.45, 2.75) is 38.0 Å². The average Bonchev–Trinajstić information content (AvgIpc) is 3.29. The molecule has 0 fully saturated rings. The number of hydrogen-bond acceptors (Lipinski definition) is 5. The maximum absolute atomic E-state index is 10.1. The van der Waals surface area contributed by atoms with Crippen molar-refractivity contribution in [2.24, 2.45) is 0 Å². The van der Waals surface area contributed by atoms with Crippen molar-refractivity contribution in [3.05, 3.63) is 75.9 Å². The van der Waals surface area contributed by atoms with E-state index in [-0.39, 0.29) is 24.5 Å². The summed E-state index contributed by atoms with van der Waals surface area (Å²) in [4.78, 5) is 3.97. The van der Waals surface area contributed by atoms with Crippen LogP contribution >= 0.6 is 34.2 Å². The van der Waals surface area contributed by atoms with Crippen LogP contribution in [-0.4, -0.2) is 51.1 Å². The Bertz CT molecular complexity index is 980. The zero-order chi connectivity index (χ0) is 23.1. The zero-order valence-corrected chi connectivity index (χ0v) is 21.0. The maximum Gasteiger partial charge on any atom is 0.132 e. The second-order valence-corrected chi connectivity index (χ2v) is 9.61. The van der Waals surface area contributed by atoms with Crippen LogP contribution in [0, 0.1) is 3.57 Å². The molecule has 8 heteroatoms. The number of halogens is 2. The van der Waals surface area contributed by atoms with Gasteiger partial charge in [0, 0.05) is 17.8 Å². The number of benzene rings is 2. The number of nitrogens with zero attached hydrogens (tertiary/aromatic N) is 2. The van der Waals surface area contributed by atoms with Gasteiger partial charge >= 0.3 is 0 Å². The first kappa shape index (κ1) is 24.8. The van der Waals surface area contributed by atoms with Crippen molar-refractivity contribution in [3.8, 4) is 11.5 Å². The monoisotopic (exact) mass is 570 g/mol. The van der Waals surface area contributed by atoms with Crippen molar-refractivity contribution in [1.82, 2.24) is 9.55 Å². The summed E-state index contributed by atoms with van der Waals surface area (Å²) in [6.45, 7) is 5.15. The molecule has 6 nitrogen and oxygen atoms in total. The molecule has 1 aromatic heterocycles. The lowest BCUT2D eigenvalue weighted by molar-refractivity contribution is 0.0924. The molecule has 0 bridgehead atoms. The van der Waals surface area contributed by atoms with Crippen LogP contribution in [0.2, 0.25) is 0 Å². The lowest BCUT2D eigenvalue weighted by atomic mass is 9.78. The van der Waals surface area contributed by atoms with Gasteiger partial charge in [0.05, 0.1) is 22.3 Å². The molecule has 1 heterocycles. The van der Waals surface area contributed by atoms with Crippen molar-refractivity contribution in [1.29, 1.82) is 0 Å². The predicted molar refractivity (Wildman–Crippen MR) is 134 cm³/mol. The number of hydrogen-bond donors (Lipinski definition) is 2. The molecule has 32 heavy (non-hydrogen) atoms. The Balaban J connectivity index is 1.62. The van der Waals surface area contributed by atoms with Crippen LogP contribution in [0.25, 0.3) is 0 Å². The standard InChI is InChI=1S/C24H28ClIN2O4/c1-24(2,18-5-8-23(22(26)11-18)32-14-19(29)12-25)17-3-6-21(7-4-17)31-15-20(30)13-28-10-9-27-16-28/h3-11,16,19-20,29-30H,12-15H2,1-2H3/t19-,20+/m1/s1. The fourth-order valence-electron chi connectivity index (χ4n) is 3.25. The summed E-state index contributed by atoms with van der Waals surface area (Å²) in [5.74, 6) is 1.59. The molecule has 2 N–H and O–H groups in total. The number of rotatable bonds is 11. The van der Waals surface area contributed by atoms with Gasteiger partial charge in [0.2, 0.25) is 0 Å². The molecular weight excluding hydrogens is 543 g/mol. The third-order valence-electron chi connectivity index (χ3n) is 5.26. The van der Waals surface area contributed by atoms with E-state index in [1.165, 1.54) is 0 Å². The molecule has 0 unspecified atom stereocenters. The van der Waals surface area contributed by atoms with E-state index in [9.17, 15) is 10.2 Å². The highest BCUT2D eigenvalue weighted by atomic mass is 127. The summed E-state index contributed by atoms with van der Waals surface area (Å²) in [7, 11) is 0. The summed E-state index contributed by atoms with van der Waals surface area (Å²) in [5.41, 5.74) is 2.07. The van der Waals surface area contributed by atoms with Crippen molar-refractivity contribution < 1.29 is 19.7 Å². The van der Waals surface area contributed by atoms with Crippen molar-refractivity contribution in [2.75, 3.05) is 19.1 Å². The third kappa shape index (κ3) is 6.60. The topological polar surface area (TPSA) is 76.7 Å². The SMILES string of the molecule is CC(C)(c1ccc(OC[C@@H](O)Cn2ccnc2)cc1)c1ccc(OC[C@H](O)CCl)c(I)c1. The summed E-state index contributed by atoms with van der Waals surface area (Å²) < 4.78 is 14.2. The van der Waals surface area contributed by atoms with E-state index in [4.69, 9.17) is 21.1 Å². The largest absolute Gasteiger partial charge is 0.491 e. The van der Waals surface area contributed by atoms with Gasteiger partial charge in [-0.25, -0.2) is 4.98 Å². The summed E-state index contributed by atoms with van der Waals surface area (Å²) in [6.07, 6.45) is 3.86. The van der Waals surface area contributed by atoms with E-state index in [1.807, 2.05) is 47.2 Å². The van der Waals surface area contributed by atoms with E-state index >= 15 is 0 Å². The number of alkyl halides is 1. The summed E-state index contributed by atoms with van der Waals surface area (Å²) >= 11 is 7.87. The fourth-order valence-corrected chi connectivity index (χ4v) is 4.01. The summed E-state index contributed by atoms with van der Waals surface area (Å²) in [6, 6.07) is 14.0. The van der Waals surface area contributed by atoms with Gasteiger partial charge in [0.15, 0.2) is 0 Å². The molecule has 3 aromatic rings. The van der Waals surface area contributed by atoms with Gasteiger partial charge in [-0.2, -0.15) is 0 Å². The zero-order valence-electron chi connectivity index (χ0n) is 18.1. The van der Waals surface area contributed by atoms with Crippen LogP contribution in [0.4, 0.5) is 0 Å². The minimum Gasteiger partial charge on any atom is -0.491 e. The second kappa shape index (κ2) is 11.4. The molecular formula is C24H28ClIN2O4. The van der Waals surface area contributed by atoms with Crippen LogP contribution in [-0.2, 0) is 12.0 Å². The molecule has 0 saturated carbocycles. The Morgan fingerprint density at radius 2 is 1.72 bits per heavy atom. The molecule has 3 rings (SSSR count). The fraction of sp³-hybridized carbons (Fsp3) is 0.375. The second-order valence-electron chi connectivity index (χ2n) is 8.14. The first-order valence-corrected chi connectivity index (χ1v) is 11.9. The number of imidazole rings is 1. The van der Waals surface area contributed by atoms with E-state index < -0.39 is 12.2 Å². The third-order valence-corrected chi connectivity index (χ3v) is 6.46. The van der Waals surface area contributed by atoms with E-state index in [0.29, 0.717) is 12.3 Å². The smallest absolute Gasteiger partial charge is 0.132 e. The first-order valence-electron chi connectivity index (χ1n) is 10.3. The first-order chi connectivity index (χ1) is 15.3. The Morgan fingerprint density at radius 3 is 2.34 bits per heavy atom. The molecule has 0 radical (unpaired) electrons. The molecule has 2 aromatic carbocycles. The van der Waals surface area contributed by atoms with E-state index in [0.717, 1.165) is 20.4 Å². The summed E-state index contributed by atoms with van der Waals surface area (Å²) in [5, 5.41) is 19.7. The molecule has 0 aliphatic heterocycles. The average molecular weight is 571 g/mol. The maximum atomic E-state index is 10.1. The van der Waals surface area contributed by atoms with Gasteiger partial charge in [0.25, 0.3) is 0 Å². The highest BCUT2D eigenvalue weighted by Gasteiger charge is 2.24. The van der Waals surface area contributed by atoms with Crippen LogP contribution in [0.3, 0.4) is 0 Å². The van der Waals surface area contributed by atoms with Crippen LogP contribution in [0.5, 0.6) is 11.5 Å². The molecule has 2 atom stereocenters. The minimum absolute atomic E-state index is 0.144. The normalized spacial score (nSPS) is 13.6. The lowest BCUT2D eigenvalue weighted by Crippen LogP contribution is -2.23. The molecule has 0 spiro atoms. The Morgan fingerprint density at radius 1 is 1.03 bits per heavy atom. The van der Waals surface area contributed by atoms with Gasteiger partial charge < -0.3 is 24.3 Å². The van der Waals surface area contributed by atoms with E-state index in [1.54, 1.807) is 12.5 Å². The van der Waals surface area contributed by atoms with Crippen molar-refractivity contribution in [3.63, 3.8) is 0 Å². The predicted octanol–water partition coefficient (Wildman–Crippen LogP) is 4.23. The highest BCUT2D eigenvalue weighted by Crippen LogP contribution is 2.35. The molecule has 0 amide bonds. The number of aliphatic hydroxyl groups excluding tert-OH is 2. The van der Waals surface area contributed by atoms with Crippen LogP contribution in [0.15, 0.2) is 61.2 Å². The van der Waals surface area contributed by atoms with Crippen molar-refractivity contribution >= 4 is 34.2 Å². The number of ether oxygens (including phenoxy) is 2. The van der Waals surface area contributed by atoms with Gasteiger partial charge in [-0.05, 0) is 58.0 Å². The van der Waals surface area contributed by atoms with Gasteiger partial charge in [0.1, 0.15) is 36.9 Å². The number of aromatic nitrogens is 2. The quantitative estimate of drug-likeness (QED) is 0.267. The van der Waals surface area contributed by atoms with Gasteiger partial charge in [-0.1, -0.05) is 32.0 Å². The highest BCUT2D eigenvalue weighted by molar-refractivity contribution is 14.1. The molecule has 0 aliphatic rings. The molecule has 0 saturated heterocycles. The van der Waals surface area contributed by atoms with Gasteiger partial charge in [-0.15, -0.1) is 11.6 Å². The van der Waals surface area contributed by atoms with Crippen LogP contribution in [0.1, 0.15) is 25.0 Å². The van der Waals surface area contributed by atoms with Gasteiger partial charge in [-0.3, -0.25) is 0 Å². The van der Waals surface area contributed by atoms with E-state index in [2.05, 4.69) is 47.5 Å². The number of aliphatic hydroxyl groups is 2. The Hall–Kier alpha value is -1.81. The Labute approximate surface area is 207 Å².